The Kier molecular flexibility index (Phi) is 4.48. The van der Waals surface area contributed by atoms with Crippen molar-refractivity contribution in [3.05, 3.63) is 60.6 Å². The molecule has 6 nitrogen and oxygen atoms in total. The number of fused-ring (bicyclic) bond motifs is 1. The average Bonchev–Trinajstić information content (AvgIpc) is 3.42. The first-order chi connectivity index (χ1) is 12.7. The number of anilines is 1. The number of nitrogens with one attached hydrogen (secondary N) is 1. The topological polar surface area (TPSA) is 58.9 Å². The highest BCUT2D eigenvalue weighted by Gasteiger charge is 2.33. The van der Waals surface area contributed by atoms with Gasteiger partial charge in [-0.1, -0.05) is 6.07 Å². The number of pyridine rings is 1. The number of ether oxygens (including phenoxy) is 1. The van der Waals surface area contributed by atoms with Crippen LogP contribution in [-0.2, 0) is 6.54 Å². The highest BCUT2D eigenvalue weighted by Crippen LogP contribution is 2.29. The minimum Gasteiger partial charge on any atom is -0.494 e. The number of aromatic nitrogens is 2. The summed E-state index contributed by atoms with van der Waals surface area (Å²) in [5.41, 5.74) is 2.67. The van der Waals surface area contributed by atoms with E-state index in [0.29, 0.717) is 19.2 Å². The Hall–Kier alpha value is -3.02. The van der Waals surface area contributed by atoms with Crippen molar-refractivity contribution in [2.45, 2.75) is 32.4 Å². The lowest BCUT2D eigenvalue weighted by Gasteiger charge is -2.22. The van der Waals surface area contributed by atoms with Crippen LogP contribution in [0.1, 0.15) is 25.5 Å². The van der Waals surface area contributed by atoms with Crippen molar-refractivity contribution in [2.75, 3.05) is 11.9 Å². The molecule has 2 heterocycles. The summed E-state index contributed by atoms with van der Waals surface area (Å²) in [5.74, 6) is 0.801. The van der Waals surface area contributed by atoms with Crippen molar-refractivity contribution in [3.8, 4) is 5.75 Å². The number of amides is 2. The van der Waals surface area contributed by atoms with E-state index in [-0.39, 0.29) is 6.03 Å². The first-order valence-electron chi connectivity index (χ1n) is 8.96. The third-order valence-electron chi connectivity index (χ3n) is 4.49. The van der Waals surface area contributed by atoms with Crippen LogP contribution in [0.15, 0.2) is 54.9 Å². The normalized spacial score (nSPS) is 13.6. The van der Waals surface area contributed by atoms with Gasteiger partial charge in [-0.05, 0) is 56.2 Å². The number of hydrogen-bond acceptors (Lipinski definition) is 3. The summed E-state index contributed by atoms with van der Waals surface area (Å²) in [6.45, 7) is 3.11. The maximum Gasteiger partial charge on any atom is 0.322 e. The van der Waals surface area contributed by atoms with Gasteiger partial charge in [0.15, 0.2) is 0 Å². The molecule has 1 N–H and O–H groups in total. The van der Waals surface area contributed by atoms with Crippen molar-refractivity contribution in [1.82, 2.24) is 14.3 Å². The SMILES string of the molecule is CCOc1ccc(NC(=O)N(Cc2cnc3ccccn23)C2CC2)cc1. The van der Waals surface area contributed by atoms with Gasteiger partial charge < -0.3 is 19.4 Å². The zero-order valence-electron chi connectivity index (χ0n) is 14.8. The molecule has 0 bridgehead atoms. The molecule has 0 radical (unpaired) electrons. The minimum absolute atomic E-state index is 0.0810. The lowest BCUT2D eigenvalue weighted by Crippen LogP contribution is -2.36. The van der Waals surface area contributed by atoms with E-state index < -0.39 is 0 Å². The number of rotatable bonds is 6. The van der Waals surface area contributed by atoms with E-state index in [0.717, 1.165) is 35.6 Å². The standard InChI is InChI=1S/C20H22N4O2/c1-2-26-18-10-6-15(7-11-18)22-20(25)24(16-8-9-16)14-17-13-21-19-5-3-4-12-23(17)19/h3-7,10-13,16H,2,8-9,14H2,1H3,(H,22,25). The van der Waals surface area contributed by atoms with Gasteiger partial charge in [0, 0.05) is 17.9 Å². The quantitative estimate of drug-likeness (QED) is 0.733. The Balaban J connectivity index is 1.48. The van der Waals surface area contributed by atoms with Gasteiger partial charge >= 0.3 is 6.03 Å². The largest absolute Gasteiger partial charge is 0.494 e. The maximum atomic E-state index is 12.8. The van der Waals surface area contributed by atoms with Gasteiger partial charge in [-0.3, -0.25) is 0 Å². The monoisotopic (exact) mass is 350 g/mol. The van der Waals surface area contributed by atoms with Crippen LogP contribution in [0.3, 0.4) is 0 Å². The van der Waals surface area contributed by atoms with Crippen LogP contribution in [0.4, 0.5) is 10.5 Å². The molecule has 6 heteroatoms. The molecule has 3 aromatic rings. The molecule has 4 rings (SSSR count). The fourth-order valence-corrected chi connectivity index (χ4v) is 3.03. The second-order valence-corrected chi connectivity index (χ2v) is 6.42. The zero-order chi connectivity index (χ0) is 17.9. The van der Waals surface area contributed by atoms with E-state index in [1.807, 2.05) is 71.1 Å². The van der Waals surface area contributed by atoms with Crippen LogP contribution in [0, 0.1) is 0 Å². The van der Waals surface area contributed by atoms with Crippen LogP contribution in [0.25, 0.3) is 5.65 Å². The van der Waals surface area contributed by atoms with E-state index in [1.165, 1.54) is 0 Å². The van der Waals surface area contributed by atoms with Crippen LogP contribution < -0.4 is 10.1 Å². The summed E-state index contributed by atoms with van der Waals surface area (Å²) in [5, 5.41) is 2.99. The number of urea groups is 1. The highest BCUT2D eigenvalue weighted by atomic mass is 16.5. The molecule has 0 aliphatic heterocycles. The number of benzene rings is 1. The molecule has 0 atom stereocenters. The van der Waals surface area contributed by atoms with Crippen molar-refractivity contribution in [1.29, 1.82) is 0 Å². The Morgan fingerprint density at radius 3 is 2.81 bits per heavy atom. The number of nitrogens with zero attached hydrogens (tertiary/aromatic N) is 3. The molecular formula is C20H22N4O2. The van der Waals surface area contributed by atoms with Crippen LogP contribution in [-0.4, -0.2) is 33.0 Å². The van der Waals surface area contributed by atoms with Gasteiger partial charge in [0.25, 0.3) is 0 Å². The van der Waals surface area contributed by atoms with Gasteiger partial charge in [-0.15, -0.1) is 0 Å². The Labute approximate surface area is 152 Å². The van der Waals surface area contributed by atoms with Crippen LogP contribution in [0.5, 0.6) is 5.75 Å². The predicted molar refractivity (Wildman–Crippen MR) is 100 cm³/mol. The Morgan fingerprint density at radius 2 is 2.08 bits per heavy atom. The molecule has 134 valence electrons. The third-order valence-corrected chi connectivity index (χ3v) is 4.49. The molecule has 0 saturated heterocycles. The predicted octanol–water partition coefficient (Wildman–Crippen LogP) is 3.93. The molecule has 1 aromatic carbocycles. The maximum absolute atomic E-state index is 12.8. The molecule has 0 unspecified atom stereocenters. The highest BCUT2D eigenvalue weighted by molar-refractivity contribution is 5.89. The van der Waals surface area contributed by atoms with Crippen molar-refractivity contribution in [2.24, 2.45) is 0 Å². The molecule has 1 aliphatic carbocycles. The number of hydrogen-bond donors (Lipinski definition) is 1. The molecule has 1 aliphatic rings. The van der Waals surface area contributed by atoms with Crippen molar-refractivity contribution < 1.29 is 9.53 Å². The van der Waals surface area contributed by atoms with Crippen LogP contribution in [0.2, 0.25) is 0 Å². The molecule has 1 saturated carbocycles. The van der Waals surface area contributed by atoms with E-state index in [2.05, 4.69) is 10.3 Å². The fourth-order valence-electron chi connectivity index (χ4n) is 3.03. The van der Waals surface area contributed by atoms with Gasteiger partial charge in [0.2, 0.25) is 0 Å². The first-order valence-corrected chi connectivity index (χ1v) is 8.96. The average molecular weight is 350 g/mol. The lowest BCUT2D eigenvalue weighted by molar-refractivity contribution is 0.205. The molecule has 1 fully saturated rings. The van der Waals surface area contributed by atoms with E-state index >= 15 is 0 Å². The van der Waals surface area contributed by atoms with Gasteiger partial charge in [0.05, 0.1) is 25.0 Å². The second-order valence-electron chi connectivity index (χ2n) is 6.42. The number of carbonyl (C=O) groups is 1. The van der Waals surface area contributed by atoms with Crippen molar-refractivity contribution in [3.63, 3.8) is 0 Å². The third kappa shape index (κ3) is 3.49. The van der Waals surface area contributed by atoms with Gasteiger partial charge in [-0.25, -0.2) is 9.78 Å². The molecule has 2 amide bonds. The summed E-state index contributed by atoms with van der Waals surface area (Å²) in [6, 6.07) is 13.6. The van der Waals surface area contributed by atoms with Crippen LogP contribution >= 0.6 is 0 Å². The van der Waals surface area contributed by atoms with Crippen molar-refractivity contribution >= 4 is 17.4 Å². The Bertz CT molecular complexity index is 900. The van der Waals surface area contributed by atoms with Gasteiger partial charge in [0.1, 0.15) is 11.4 Å². The van der Waals surface area contributed by atoms with E-state index in [1.54, 1.807) is 0 Å². The summed E-state index contributed by atoms with van der Waals surface area (Å²) >= 11 is 0. The van der Waals surface area contributed by atoms with Gasteiger partial charge in [-0.2, -0.15) is 0 Å². The second kappa shape index (κ2) is 7.07. The fraction of sp³-hybridized carbons (Fsp3) is 0.300. The molecular weight excluding hydrogens is 328 g/mol. The van der Waals surface area contributed by atoms with E-state index in [4.69, 9.17) is 4.74 Å². The smallest absolute Gasteiger partial charge is 0.322 e. The molecule has 0 spiro atoms. The number of carbonyl (C=O) groups excluding carboxylic acids is 1. The number of imidazole rings is 1. The van der Waals surface area contributed by atoms with E-state index in [9.17, 15) is 4.79 Å². The molecule has 2 aromatic heterocycles. The first kappa shape index (κ1) is 16.4. The minimum atomic E-state index is -0.0810. The zero-order valence-corrected chi connectivity index (χ0v) is 14.8. The molecule has 26 heavy (non-hydrogen) atoms. The summed E-state index contributed by atoms with van der Waals surface area (Å²) in [6.07, 6.45) is 5.92. The lowest BCUT2D eigenvalue weighted by atomic mass is 10.3. The Morgan fingerprint density at radius 1 is 1.27 bits per heavy atom. The summed E-state index contributed by atoms with van der Waals surface area (Å²) in [4.78, 5) is 19.1. The summed E-state index contributed by atoms with van der Waals surface area (Å²) in [7, 11) is 0. The summed E-state index contributed by atoms with van der Waals surface area (Å²) < 4.78 is 7.47.